The van der Waals surface area contributed by atoms with Crippen LogP contribution < -0.4 is 4.90 Å². The summed E-state index contributed by atoms with van der Waals surface area (Å²) < 4.78 is 65.2. The lowest BCUT2D eigenvalue weighted by Gasteiger charge is -2.25. The van der Waals surface area contributed by atoms with E-state index >= 15 is 0 Å². The smallest absolute Gasteiger partial charge is 0.475 e. The number of urea groups is 1. The Balaban J connectivity index is 0.000000340. The van der Waals surface area contributed by atoms with Crippen LogP contribution in [-0.4, -0.2) is 119 Å². The third-order valence-electron chi connectivity index (χ3n) is 7.83. The lowest BCUT2D eigenvalue weighted by atomic mass is 10.0. The summed E-state index contributed by atoms with van der Waals surface area (Å²) in [4.78, 5) is 46.9. The summed E-state index contributed by atoms with van der Waals surface area (Å²) in [5, 5.41) is 25.6. The minimum absolute atomic E-state index is 0.0432. The van der Waals surface area contributed by atoms with Crippen molar-refractivity contribution in [2.45, 2.75) is 45.1 Å². The van der Waals surface area contributed by atoms with Gasteiger partial charge in [-0.25, -0.2) is 28.9 Å². The number of carbonyl (C=O) groups excluding carboxylic acids is 1. The Hall–Kier alpha value is -5.27. The molecular weight excluding hydrogens is 680 g/mol. The van der Waals surface area contributed by atoms with Crippen LogP contribution in [0.5, 0.6) is 0 Å². The van der Waals surface area contributed by atoms with Crippen molar-refractivity contribution in [2.24, 2.45) is 5.92 Å². The van der Waals surface area contributed by atoms with E-state index in [2.05, 4.69) is 39.0 Å². The molecule has 0 unspecified atom stereocenters. The van der Waals surface area contributed by atoms with Gasteiger partial charge in [0.05, 0.1) is 12.2 Å². The summed E-state index contributed by atoms with van der Waals surface area (Å²) in [7, 11) is 0. The van der Waals surface area contributed by atoms with Crippen LogP contribution >= 0.6 is 0 Å². The normalized spacial score (nSPS) is 16.7. The number of hydrogen-bond donors (Lipinski definition) is 3. The van der Waals surface area contributed by atoms with Crippen LogP contribution in [0.2, 0.25) is 0 Å². The maximum absolute atomic E-state index is 13.6. The van der Waals surface area contributed by atoms with E-state index in [0.717, 1.165) is 55.1 Å². The quantitative estimate of drug-likeness (QED) is 0.226. The number of benzene rings is 1. The van der Waals surface area contributed by atoms with Crippen molar-refractivity contribution >= 4 is 29.4 Å². The number of carboxylic acid groups (broad SMARTS) is 2. The highest BCUT2D eigenvalue weighted by Gasteiger charge is 2.41. The van der Waals surface area contributed by atoms with E-state index in [1.807, 2.05) is 52.5 Å². The van der Waals surface area contributed by atoms with Crippen molar-refractivity contribution in [3.8, 4) is 22.5 Å². The number of nitrogens with one attached hydrogen (secondary N) is 1. The maximum Gasteiger partial charge on any atom is 0.490 e. The van der Waals surface area contributed by atoms with Crippen molar-refractivity contribution in [1.29, 1.82) is 0 Å². The van der Waals surface area contributed by atoms with Gasteiger partial charge in [-0.05, 0) is 43.5 Å². The van der Waals surface area contributed by atoms with Gasteiger partial charge < -0.3 is 20.0 Å². The fourth-order valence-electron chi connectivity index (χ4n) is 5.26. The Kier molecular flexibility index (Phi) is 11.7. The molecule has 3 N–H and O–H groups in total. The summed E-state index contributed by atoms with van der Waals surface area (Å²) >= 11 is 0. The Morgan fingerprint density at radius 2 is 1.52 bits per heavy atom. The molecule has 14 nitrogen and oxygen atoms in total. The molecular formula is C30H33F6N9O5. The number of aliphatic carboxylic acids is 2. The number of H-pyrrole nitrogens is 1. The van der Waals surface area contributed by atoms with Crippen molar-refractivity contribution < 1.29 is 50.9 Å². The van der Waals surface area contributed by atoms with Crippen LogP contribution in [0.25, 0.3) is 28.2 Å². The summed E-state index contributed by atoms with van der Waals surface area (Å²) in [6.07, 6.45) is -2.37. The van der Waals surface area contributed by atoms with Crippen molar-refractivity contribution in [2.75, 3.05) is 37.6 Å². The molecule has 2 aliphatic heterocycles. The Labute approximate surface area is 280 Å². The number of aromatic nitrogens is 6. The molecule has 6 rings (SSSR count). The molecule has 2 aliphatic rings. The number of aromatic amines is 1. The number of amides is 2. The van der Waals surface area contributed by atoms with Gasteiger partial charge in [0.2, 0.25) is 0 Å². The molecule has 1 atom stereocenters. The molecule has 0 aliphatic carbocycles. The molecule has 50 heavy (non-hydrogen) atoms. The van der Waals surface area contributed by atoms with Gasteiger partial charge in [0.25, 0.3) is 0 Å². The van der Waals surface area contributed by atoms with Crippen LogP contribution in [0.4, 0.5) is 37.0 Å². The van der Waals surface area contributed by atoms with Gasteiger partial charge in [-0.2, -0.15) is 36.5 Å². The minimum atomic E-state index is -5.08. The summed E-state index contributed by atoms with van der Waals surface area (Å²) in [6, 6.07) is 10.0. The van der Waals surface area contributed by atoms with Gasteiger partial charge in [0.1, 0.15) is 12.1 Å². The third-order valence-corrected chi connectivity index (χ3v) is 7.83. The zero-order chi connectivity index (χ0) is 36.8. The van der Waals surface area contributed by atoms with Crippen molar-refractivity contribution in [3.63, 3.8) is 0 Å². The first-order chi connectivity index (χ1) is 23.5. The number of fused-ring (bicyclic) bond motifs is 1. The summed E-state index contributed by atoms with van der Waals surface area (Å²) in [6.45, 7) is 9.05. The molecule has 2 saturated heterocycles. The predicted octanol–water partition coefficient (Wildman–Crippen LogP) is 4.81. The Morgan fingerprint density at radius 1 is 0.940 bits per heavy atom. The number of anilines is 1. The fourth-order valence-corrected chi connectivity index (χ4v) is 5.26. The van der Waals surface area contributed by atoms with Crippen molar-refractivity contribution in [3.05, 3.63) is 49.1 Å². The van der Waals surface area contributed by atoms with E-state index in [1.54, 1.807) is 10.8 Å². The molecule has 20 heteroatoms. The van der Waals surface area contributed by atoms with Gasteiger partial charge in [0, 0.05) is 37.0 Å². The maximum atomic E-state index is 13.6. The van der Waals surface area contributed by atoms with Crippen LogP contribution in [0.15, 0.2) is 49.1 Å². The number of likely N-dealkylation sites (tertiary alicyclic amines) is 1. The number of carboxylic acids is 2. The number of alkyl halides is 6. The second kappa shape index (κ2) is 15.5. The highest BCUT2D eigenvalue weighted by Crippen LogP contribution is 2.31. The van der Waals surface area contributed by atoms with Gasteiger partial charge in [0.15, 0.2) is 11.5 Å². The molecule has 5 heterocycles. The highest BCUT2D eigenvalue weighted by atomic mass is 19.4. The lowest BCUT2D eigenvalue weighted by Crippen LogP contribution is -2.39. The largest absolute Gasteiger partial charge is 0.490 e. The fraction of sp³-hybridized carbons (Fsp3) is 0.433. The predicted molar refractivity (Wildman–Crippen MR) is 165 cm³/mol. The van der Waals surface area contributed by atoms with E-state index in [1.165, 1.54) is 12.8 Å². The number of hydrogen-bond acceptors (Lipinski definition) is 8. The first-order valence-electron chi connectivity index (χ1n) is 15.2. The zero-order valence-corrected chi connectivity index (χ0v) is 26.7. The average Bonchev–Trinajstić information content (AvgIpc) is 3.87. The monoisotopic (exact) mass is 713 g/mol. The number of carbonyl (C=O) groups is 3. The van der Waals surface area contributed by atoms with Crippen LogP contribution in [0, 0.1) is 5.92 Å². The SMILES string of the molecule is CC(C)[C@H]1CN(CCN2CCCC2)C(=O)N1c1ccn2ncc(-c3ccc(-c4nc[nH]n4)cc3)c2n1.O=C(O)C(F)(F)F.O=C(O)C(F)(F)F. The second-order valence-corrected chi connectivity index (χ2v) is 11.6. The van der Waals surface area contributed by atoms with E-state index in [9.17, 15) is 31.1 Å². The van der Waals surface area contributed by atoms with Crippen LogP contribution in [0.3, 0.4) is 0 Å². The number of rotatable bonds is 7. The minimum Gasteiger partial charge on any atom is -0.475 e. The molecule has 4 aromatic rings. The molecule has 2 amide bonds. The first-order valence-corrected chi connectivity index (χ1v) is 15.2. The molecule has 0 radical (unpaired) electrons. The van der Waals surface area contributed by atoms with E-state index in [0.29, 0.717) is 17.6 Å². The topological polar surface area (TPSA) is 173 Å². The molecule has 270 valence electrons. The molecule has 0 saturated carbocycles. The molecule has 0 bridgehead atoms. The average molecular weight is 714 g/mol. The third kappa shape index (κ3) is 9.24. The summed E-state index contributed by atoms with van der Waals surface area (Å²) in [5.41, 5.74) is 3.57. The van der Waals surface area contributed by atoms with Crippen LogP contribution in [-0.2, 0) is 9.59 Å². The van der Waals surface area contributed by atoms with Crippen molar-refractivity contribution in [1.82, 2.24) is 39.6 Å². The van der Waals surface area contributed by atoms with E-state index in [4.69, 9.17) is 24.8 Å². The Morgan fingerprint density at radius 3 is 2.04 bits per heavy atom. The highest BCUT2D eigenvalue weighted by molar-refractivity contribution is 5.94. The standard InChI is InChI=1S/C26H31N9O.2C2HF3O2/c1-18(2)22-16-33(14-13-32-10-3-4-11-32)26(36)35(22)23-9-12-34-25(30-23)21(15-29-34)19-5-7-20(8-6-19)24-27-17-28-31-24;2*3-2(4,5)1(6)7/h5-9,12,15,17-18,22H,3-4,10-11,13-14,16H2,1-2H3,(H,27,28,31);2*(H,6,7)/t22-;;/m1../s1. The lowest BCUT2D eigenvalue weighted by molar-refractivity contribution is -0.193. The molecule has 3 aromatic heterocycles. The number of halogens is 6. The number of nitrogens with zero attached hydrogens (tertiary/aromatic N) is 8. The zero-order valence-electron chi connectivity index (χ0n) is 26.7. The van der Waals surface area contributed by atoms with Gasteiger partial charge >= 0.3 is 30.3 Å². The molecule has 2 fully saturated rings. The van der Waals surface area contributed by atoms with E-state index in [-0.39, 0.29) is 12.1 Å². The second-order valence-electron chi connectivity index (χ2n) is 11.6. The molecule has 1 aromatic carbocycles. The Bertz CT molecular complexity index is 1730. The van der Waals surface area contributed by atoms with E-state index < -0.39 is 24.3 Å². The van der Waals surface area contributed by atoms with Gasteiger partial charge in [-0.3, -0.25) is 10.00 Å². The van der Waals surface area contributed by atoms with Gasteiger partial charge in [-0.15, -0.1) is 0 Å². The first kappa shape index (κ1) is 37.5. The van der Waals surface area contributed by atoms with Crippen LogP contribution in [0.1, 0.15) is 26.7 Å². The van der Waals surface area contributed by atoms with Gasteiger partial charge in [-0.1, -0.05) is 38.1 Å². The summed E-state index contributed by atoms with van der Waals surface area (Å²) in [5.74, 6) is -3.87. The molecule has 0 spiro atoms.